The molecule has 0 aliphatic rings. The largest absolute Gasteiger partial charge is 0.618 e. The number of nitrogens with zero attached hydrogens (tertiary/aromatic N) is 2. The van der Waals surface area contributed by atoms with Gasteiger partial charge in [0.2, 0.25) is 17.6 Å². The van der Waals surface area contributed by atoms with Crippen molar-refractivity contribution < 1.29 is 14.3 Å². The fraction of sp³-hybridized carbons (Fsp3) is 0.444. The molecular weight excluding hydrogens is 184 g/mol. The first-order chi connectivity index (χ1) is 6.56. The molecule has 0 saturated carbocycles. The van der Waals surface area contributed by atoms with Gasteiger partial charge in [-0.05, 0) is 13.8 Å². The standard InChI is InChI=1S/C9H12N2O3/c1-4-14-9(12)8-5-11(13)7(3)6(2)10-8/h5H,4H2,1-3H3. The number of aromatic nitrogens is 2. The maximum atomic E-state index is 11.2. The molecule has 76 valence electrons. The van der Waals surface area contributed by atoms with Crippen LogP contribution in [0.5, 0.6) is 0 Å². The molecule has 0 amide bonds. The fourth-order valence-corrected chi connectivity index (χ4v) is 0.961. The molecule has 0 bridgehead atoms. The van der Waals surface area contributed by atoms with Crippen LogP contribution in [0.1, 0.15) is 28.8 Å². The van der Waals surface area contributed by atoms with Crippen molar-refractivity contribution in [3.05, 3.63) is 28.5 Å². The van der Waals surface area contributed by atoms with Crippen LogP contribution in [0.4, 0.5) is 0 Å². The highest BCUT2D eigenvalue weighted by Gasteiger charge is 2.15. The van der Waals surface area contributed by atoms with Gasteiger partial charge in [-0.1, -0.05) is 0 Å². The zero-order valence-corrected chi connectivity index (χ0v) is 8.40. The Morgan fingerprint density at radius 3 is 2.79 bits per heavy atom. The Bertz CT molecular complexity index is 340. The van der Waals surface area contributed by atoms with Crippen LogP contribution in [0, 0.1) is 19.1 Å². The van der Waals surface area contributed by atoms with Gasteiger partial charge in [-0.15, -0.1) is 0 Å². The zero-order chi connectivity index (χ0) is 10.7. The van der Waals surface area contributed by atoms with Crippen LogP contribution in [-0.4, -0.2) is 17.6 Å². The lowest BCUT2D eigenvalue weighted by atomic mass is 10.3. The van der Waals surface area contributed by atoms with Gasteiger partial charge in [-0.25, -0.2) is 9.78 Å². The molecule has 14 heavy (non-hydrogen) atoms. The van der Waals surface area contributed by atoms with Crippen molar-refractivity contribution in [3.8, 4) is 0 Å². The fourth-order valence-electron chi connectivity index (χ4n) is 0.961. The number of hydrogen-bond donors (Lipinski definition) is 0. The Morgan fingerprint density at radius 1 is 1.64 bits per heavy atom. The Morgan fingerprint density at radius 2 is 2.29 bits per heavy atom. The van der Waals surface area contributed by atoms with Gasteiger partial charge in [0.05, 0.1) is 6.61 Å². The van der Waals surface area contributed by atoms with Gasteiger partial charge in [-0.2, -0.15) is 4.73 Å². The number of carbonyl (C=O) groups is 1. The van der Waals surface area contributed by atoms with E-state index in [1.54, 1.807) is 20.8 Å². The molecule has 0 fully saturated rings. The number of ether oxygens (including phenoxy) is 1. The van der Waals surface area contributed by atoms with Crippen molar-refractivity contribution in [2.45, 2.75) is 20.8 Å². The molecule has 0 aliphatic carbocycles. The average molecular weight is 196 g/mol. The third kappa shape index (κ3) is 1.99. The van der Waals surface area contributed by atoms with E-state index in [0.717, 1.165) is 6.20 Å². The van der Waals surface area contributed by atoms with Crippen molar-refractivity contribution in [1.29, 1.82) is 0 Å². The number of aryl methyl sites for hydroxylation is 1. The first-order valence-corrected chi connectivity index (χ1v) is 4.30. The van der Waals surface area contributed by atoms with Crippen molar-refractivity contribution in [3.63, 3.8) is 0 Å². The Labute approximate surface area is 81.9 Å². The van der Waals surface area contributed by atoms with E-state index >= 15 is 0 Å². The quantitative estimate of drug-likeness (QED) is 0.392. The van der Waals surface area contributed by atoms with E-state index in [0.29, 0.717) is 16.1 Å². The van der Waals surface area contributed by atoms with Gasteiger partial charge in [0.25, 0.3) is 0 Å². The minimum Gasteiger partial charge on any atom is -0.618 e. The van der Waals surface area contributed by atoms with Gasteiger partial charge < -0.3 is 9.94 Å². The van der Waals surface area contributed by atoms with Crippen molar-refractivity contribution in [2.24, 2.45) is 0 Å². The highest BCUT2D eigenvalue weighted by Crippen LogP contribution is 2.00. The second kappa shape index (κ2) is 4.04. The molecule has 0 spiro atoms. The maximum absolute atomic E-state index is 11.2. The molecule has 0 N–H and O–H groups in total. The number of rotatable bonds is 2. The molecule has 5 nitrogen and oxygen atoms in total. The predicted octanol–water partition coefficient (Wildman–Crippen LogP) is 0.509. The van der Waals surface area contributed by atoms with Crippen LogP contribution in [0.25, 0.3) is 0 Å². The van der Waals surface area contributed by atoms with Crippen molar-refractivity contribution in [2.75, 3.05) is 6.61 Å². The SMILES string of the molecule is CCOC(=O)c1c[n+]([O-])c(C)c(C)n1. The summed E-state index contributed by atoms with van der Waals surface area (Å²) < 4.78 is 5.34. The average Bonchev–Trinajstić information content (AvgIpc) is 2.13. The smallest absolute Gasteiger partial charge is 0.363 e. The summed E-state index contributed by atoms with van der Waals surface area (Å²) in [7, 11) is 0. The van der Waals surface area contributed by atoms with E-state index < -0.39 is 5.97 Å². The molecule has 1 aromatic heterocycles. The molecule has 1 aromatic rings. The third-order valence-corrected chi connectivity index (χ3v) is 1.87. The lowest BCUT2D eigenvalue weighted by Crippen LogP contribution is -2.33. The molecule has 1 rings (SSSR count). The van der Waals surface area contributed by atoms with Gasteiger partial charge in [-0.3, -0.25) is 0 Å². The van der Waals surface area contributed by atoms with Crippen LogP contribution in [0.2, 0.25) is 0 Å². The summed E-state index contributed by atoms with van der Waals surface area (Å²) in [6.45, 7) is 5.28. The Balaban J connectivity index is 3.06. The van der Waals surface area contributed by atoms with Gasteiger partial charge in [0, 0.05) is 6.92 Å². The van der Waals surface area contributed by atoms with E-state index in [9.17, 15) is 10.0 Å². The van der Waals surface area contributed by atoms with Crippen LogP contribution in [0.3, 0.4) is 0 Å². The third-order valence-electron chi connectivity index (χ3n) is 1.87. The number of hydrogen-bond acceptors (Lipinski definition) is 4. The minimum absolute atomic E-state index is 0.0463. The Kier molecular flexibility index (Phi) is 3.01. The predicted molar refractivity (Wildman–Crippen MR) is 48.6 cm³/mol. The van der Waals surface area contributed by atoms with E-state index in [1.807, 2.05) is 0 Å². The highest BCUT2D eigenvalue weighted by molar-refractivity contribution is 5.86. The first kappa shape index (κ1) is 10.4. The number of carbonyl (C=O) groups excluding carboxylic acids is 1. The molecule has 0 unspecified atom stereocenters. The molecule has 1 heterocycles. The lowest BCUT2D eigenvalue weighted by molar-refractivity contribution is -0.613. The molecular formula is C9H12N2O3. The zero-order valence-electron chi connectivity index (χ0n) is 8.40. The molecule has 0 aromatic carbocycles. The van der Waals surface area contributed by atoms with E-state index in [-0.39, 0.29) is 12.3 Å². The molecule has 0 saturated heterocycles. The summed E-state index contributed by atoms with van der Waals surface area (Å²) in [6, 6.07) is 0. The summed E-state index contributed by atoms with van der Waals surface area (Å²) in [5.74, 6) is -0.569. The number of esters is 1. The summed E-state index contributed by atoms with van der Waals surface area (Å²) in [4.78, 5) is 15.2. The Hall–Kier alpha value is -1.65. The molecule has 0 aliphatic heterocycles. The van der Waals surface area contributed by atoms with E-state index in [4.69, 9.17) is 4.74 Å². The van der Waals surface area contributed by atoms with Crippen LogP contribution < -0.4 is 4.73 Å². The van der Waals surface area contributed by atoms with Gasteiger partial charge in [0.15, 0.2) is 0 Å². The van der Waals surface area contributed by atoms with Gasteiger partial charge >= 0.3 is 5.97 Å². The van der Waals surface area contributed by atoms with Crippen LogP contribution in [-0.2, 0) is 4.74 Å². The van der Waals surface area contributed by atoms with Crippen LogP contribution in [0.15, 0.2) is 6.20 Å². The van der Waals surface area contributed by atoms with E-state index in [1.165, 1.54) is 0 Å². The molecule has 0 radical (unpaired) electrons. The van der Waals surface area contributed by atoms with Crippen LogP contribution >= 0.6 is 0 Å². The monoisotopic (exact) mass is 196 g/mol. The first-order valence-electron chi connectivity index (χ1n) is 4.30. The highest BCUT2D eigenvalue weighted by atomic mass is 16.5. The second-order valence-corrected chi connectivity index (χ2v) is 2.84. The maximum Gasteiger partial charge on any atom is 0.363 e. The summed E-state index contributed by atoms with van der Waals surface area (Å²) in [5, 5.41) is 11.2. The van der Waals surface area contributed by atoms with Crippen molar-refractivity contribution >= 4 is 5.97 Å². The lowest BCUT2D eigenvalue weighted by Gasteiger charge is -2.05. The topological polar surface area (TPSA) is 66.1 Å². The summed E-state index contributed by atoms with van der Waals surface area (Å²) in [5.41, 5.74) is 1.06. The van der Waals surface area contributed by atoms with Gasteiger partial charge in [0.1, 0.15) is 5.69 Å². The minimum atomic E-state index is -0.569. The van der Waals surface area contributed by atoms with E-state index in [2.05, 4.69) is 4.98 Å². The molecule has 5 heteroatoms. The normalized spacial score (nSPS) is 9.93. The second-order valence-electron chi connectivity index (χ2n) is 2.84. The van der Waals surface area contributed by atoms with Crippen molar-refractivity contribution in [1.82, 2.24) is 4.98 Å². The molecule has 0 atom stereocenters. The summed E-state index contributed by atoms with van der Waals surface area (Å²) >= 11 is 0. The summed E-state index contributed by atoms with van der Waals surface area (Å²) in [6.07, 6.45) is 1.13.